The molecule has 7 heteroatoms. The predicted molar refractivity (Wildman–Crippen MR) is 86.3 cm³/mol. The molecule has 5 nitrogen and oxygen atoms in total. The Balaban J connectivity index is 2.17. The Hall–Kier alpha value is -2.93. The average Bonchev–Trinajstić information content (AvgIpc) is 3.07. The van der Waals surface area contributed by atoms with Crippen molar-refractivity contribution in [3.63, 3.8) is 0 Å². The van der Waals surface area contributed by atoms with Gasteiger partial charge in [0.1, 0.15) is 17.2 Å². The van der Waals surface area contributed by atoms with Gasteiger partial charge in [0.2, 0.25) is 0 Å². The highest BCUT2D eigenvalue weighted by atomic mass is 19.2. The minimum atomic E-state index is -1.06. The Kier molecular flexibility index (Phi) is 4.67. The number of aliphatic hydroxyl groups is 1. The van der Waals surface area contributed by atoms with Crippen LogP contribution in [-0.4, -0.2) is 24.5 Å². The SMILES string of the molecule is COc1cc(OC)cc(-c2onc(-c3cccc(F)c3F)c2CO)c1. The molecule has 0 fully saturated rings. The van der Waals surface area contributed by atoms with Gasteiger partial charge in [-0.05, 0) is 24.3 Å². The van der Waals surface area contributed by atoms with Gasteiger partial charge < -0.3 is 19.1 Å². The van der Waals surface area contributed by atoms with E-state index in [-0.39, 0.29) is 22.6 Å². The zero-order valence-corrected chi connectivity index (χ0v) is 13.5. The van der Waals surface area contributed by atoms with E-state index in [0.29, 0.717) is 17.1 Å². The van der Waals surface area contributed by atoms with Gasteiger partial charge in [0.15, 0.2) is 17.4 Å². The molecular formula is C18H15F2NO4. The average molecular weight is 347 g/mol. The molecule has 1 aromatic heterocycles. The summed E-state index contributed by atoms with van der Waals surface area (Å²) in [5.41, 5.74) is 0.709. The highest BCUT2D eigenvalue weighted by Gasteiger charge is 2.22. The summed E-state index contributed by atoms with van der Waals surface area (Å²) in [5.74, 6) is -0.825. The van der Waals surface area contributed by atoms with Crippen molar-refractivity contribution in [1.29, 1.82) is 0 Å². The number of rotatable bonds is 5. The molecule has 0 aliphatic heterocycles. The molecule has 0 aliphatic carbocycles. The third-order valence-corrected chi connectivity index (χ3v) is 3.77. The van der Waals surface area contributed by atoms with Gasteiger partial charge in [-0.1, -0.05) is 11.2 Å². The molecule has 130 valence electrons. The molecular weight excluding hydrogens is 332 g/mol. The fourth-order valence-electron chi connectivity index (χ4n) is 2.52. The van der Waals surface area contributed by atoms with E-state index in [4.69, 9.17) is 14.0 Å². The second kappa shape index (κ2) is 6.90. The lowest BCUT2D eigenvalue weighted by Crippen LogP contribution is -1.94. The van der Waals surface area contributed by atoms with Crippen LogP contribution in [0.2, 0.25) is 0 Å². The van der Waals surface area contributed by atoms with Crippen molar-refractivity contribution in [2.75, 3.05) is 14.2 Å². The maximum atomic E-state index is 14.1. The fourth-order valence-corrected chi connectivity index (χ4v) is 2.52. The molecule has 0 saturated carbocycles. The zero-order valence-electron chi connectivity index (χ0n) is 13.5. The molecule has 0 aliphatic rings. The lowest BCUT2D eigenvalue weighted by molar-refractivity contribution is 0.281. The maximum Gasteiger partial charge on any atom is 0.173 e. The number of hydrogen-bond acceptors (Lipinski definition) is 5. The van der Waals surface area contributed by atoms with E-state index in [1.54, 1.807) is 18.2 Å². The summed E-state index contributed by atoms with van der Waals surface area (Å²) in [4.78, 5) is 0. The maximum absolute atomic E-state index is 14.1. The van der Waals surface area contributed by atoms with Crippen LogP contribution in [0.25, 0.3) is 22.6 Å². The number of aliphatic hydroxyl groups excluding tert-OH is 1. The van der Waals surface area contributed by atoms with Crippen LogP contribution in [0.15, 0.2) is 40.9 Å². The molecule has 3 rings (SSSR count). The lowest BCUT2D eigenvalue weighted by Gasteiger charge is -2.08. The van der Waals surface area contributed by atoms with E-state index in [1.807, 2.05) is 0 Å². The minimum Gasteiger partial charge on any atom is -0.497 e. The van der Waals surface area contributed by atoms with Crippen molar-refractivity contribution in [2.45, 2.75) is 6.61 Å². The van der Waals surface area contributed by atoms with E-state index in [0.717, 1.165) is 6.07 Å². The van der Waals surface area contributed by atoms with E-state index in [9.17, 15) is 13.9 Å². The molecule has 1 N–H and O–H groups in total. The number of ether oxygens (including phenoxy) is 2. The summed E-state index contributed by atoms with van der Waals surface area (Å²) in [6, 6.07) is 8.72. The Bertz CT molecular complexity index is 886. The quantitative estimate of drug-likeness (QED) is 0.761. The fraction of sp³-hybridized carbons (Fsp3) is 0.167. The molecule has 0 spiro atoms. The normalized spacial score (nSPS) is 10.8. The molecule has 3 aromatic rings. The first-order valence-electron chi connectivity index (χ1n) is 7.36. The molecule has 0 bridgehead atoms. The van der Waals surface area contributed by atoms with Gasteiger partial charge >= 0.3 is 0 Å². The Morgan fingerprint density at radius 3 is 2.36 bits per heavy atom. The Labute approximate surface area is 142 Å². The molecule has 2 aromatic carbocycles. The van der Waals surface area contributed by atoms with E-state index in [1.165, 1.54) is 26.4 Å². The van der Waals surface area contributed by atoms with Crippen LogP contribution in [-0.2, 0) is 6.61 Å². The van der Waals surface area contributed by atoms with Crippen LogP contribution >= 0.6 is 0 Å². The van der Waals surface area contributed by atoms with Gasteiger partial charge in [0, 0.05) is 17.2 Å². The van der Waals surface area contributed by atoms with Crippen LogP contribution in [0, 0.1) is 11.6 Å². The van der Waals surface area contributed by atoms with Gasteiger partial charge in [0.25, 0.3) is 0 Å². The topological polar surface area (TPSA) is 64.7 Å². The second-order valence-corrected chi connectivity index (χ2v) is 5.20. The summed E-state index contributed by atoms with van der Waals surface area (Å²) in [7, 11) is 3.00. The van der Waals surface area contributed by atoms with Crippen molar-refractivity contribution >= 4 is 0 Å². The highest BCUT2D eigenvalue weighted by Crippen LogP contribution is 2.37. The third-order valence-electron chi connectivity index (χ3n) is 3.77. The summed E-state index contributed by atoms with van der Waals surface area (Å²) in [6.45, 7) is -0.469. The molecule has 0 saturated heterocycles. The zero-order chi connectivity index (χ0) is 18.0. The Morgan fingerprint density at radius 1 is 1.08 bits per heavy atom. The first-order valence-corrected chi connectivity index (χ1v) is 7.36. The smallest absolute Gasteiger partial charge is 0.173 e. The monoisotopic (exact) mass is 347 g/mol. The van der Waals surface area contributed by atoms with Gasteiger partial charge in [-0.2, -0.15) is 0 Å². The van der Waals surface area contributed by atoms with Crippen LogP contribution in [0.4, 0.5) is 8.78 Å². The van der Waals surface area contributed by atoms with Crippen LogP contribution < -0.4 is 9.47 Å². The van der Waals surface area contributed by atoms with Gasteiger partial charge in [0.05, 0.1) is 26.4 Å². The van der Waals surface area contributed by atoms with Crippen molar-refractivity contribution in [3.8, 4) is 34.1 Å². The molecule has 1 heterocycles. The number of aromatic nitrogens is 1. The number of hydrogen-bond donors (Lipinski definition) is 1. The van der Waals surface area contributed by atoms with Crippen molar-refractivity contribution in [3.05, 3.63) is 53.6 Å². The van der Waals surface area contributed by atoms with Crippen molar-refractivity contribution in [2.24, 2.45) is 0 Å². The second-order valence-electron chi connectivity index (χ2n) is 5.20. The summed E-state index contributed by atoms with van der Waals surface area (Å²) in [6.07, 6.45) is 0. The number of halogens is 2. The van der Waals surface area contributed by atoms with Crippen LogP contribution in [0.1, 0.15) is 5.56 Å². The highest BCUT2D eigenvalue weighted by molar-refractivity contribution is 5.74. The summed E-state index contributed by atoms with van der Waals surface area (Å²) >= 11 is 0. The van der Waals surface area contributed by atoms with Crippen LogP contribution in [0.3, 0.4) is 0 Å². The summed E-state index contributed by atoms with van der Waals surface area (Å²) < 4.78 is 43.3. The molecule has 0 unspecified atom stereocenters. The Morgan fingerprint density at radius 2 is 1.76 bits per heavy atom. The number of nitrogens with zero attached hydrogens (tertiary/aromatic N) is 1. The number of methoxy groups -OCH3 is 2. The molecule has 0 atom stereocenters. The predicted octanol–water partition coefficient (Wildman–Crippen LogP) is 3.80. The van der Waals surface area contributed by atoms with Crippen LogP contribution in [0.5, 0.6) is 11.5 Å². The molecule has 0 amide bonds. The van der Waals surface area contributed by atoms with Crippen molar-refractivity contribution in [1.82, 2.24) is 5.16 Å². The molecule has 0 radical (unpaired) electrons. The van der Waals surface area contributed by atoms with Gasteiger partial charge in [-0.3, -0.25) is 0 Å². The number of benzene rings is 2. The standard InChI is InChI=1S/C18H15F2NO4/c1-23-11-6-10(7-12(8-11)24-2)18-14(9-22)17(21-25-18)13-4-3-5-15(19)16(13)20/h3-8,22H,9H2,1-2H3. The van der Waals surface area contributed by atoms with Gasteiger partial charge in [-0.25, -0.2) is 8.78 Å². The largest absolute Gasteiger partial charge is 0.497 e. The van der Waals surface area contributed by atoms with E-state index < -0.39 is 18.2 Å². The van der Waals surface area contributed by atoms with E-state index >= 15 is 0 Å². The summed E-state index contributed by atoms with van der Waals surface area (Å²) in [5, 5.41) is 13.6. The minimum absolute atomic E-state index is 0.0382. The first-order chi connectivity index (χ1) is 12.1. The molecule has 25 heavy (non-hydrogen) atoms. The first kappa shape index (κ1) is 16.9. The van der Waals surface area contributed by atoms with E-state index in [2.05, 4.69) is 5.16 Å². The van der Waals surface area contributed by atoms with Crippen molar-refractivity contribution < 1.29 is 27.9 Å². The lowest BCUT2D eigenvalue weighted by atomic mass is 10.0. The third kappa shape index (κ3) is 3.06. The van der Waals surface area contributed by atoms with Gasteiger partial charge in [-0.15, -0.1) is 0 Å².